The predicted molar refractivity (Wildman–Crippen MR) is 85.1 cm³/mol. The number of likely N-dealkylation sites (tertiary alicyclic amines) is 1. The van der Waals surface area contributed by atoms with Crippen molar-refractivity contribution in [2.45, 2.75) is 56.9 Å². The average Bonchev–Trinajstić information content (AvgIpc) is 3.17. The molecule has 0 spiro atoms. The van der Waals surface area contributed by atoms with Crippen LogP contribution in [0.5, 0.6) is 0 Å². The molecule has 1 aliphatic heterocycles. The quantitative estimate of drug-likeness (QED) is 0.734. The summed E-state index contributed by atoms with van der Waals surface area (Å²) in [6, 6.07) is -0.865. The van der Waals surface area contributed by atoms with Gasteiger partial charge < -0.3 is 14.2 Å². The van der Waals surface area contributed by atoms with Crippen LogP contribution < -0.4 is 0 Å². The molecule has 8 heteroatoms. The van der Waals surface area contributed by atoms with Crippen LogP contribution in [0.2, 0.25) is 0 Å². The second kappa shape index (κ2) is 7.59. The molecule has 1 aromatic heterocycles. The Morgan fingerprint density at radius 2 is 2.32 bits per heavy atom. The van der Waals surface area contributed by atoms with Gasteiger partial charge in [-0.2, -0.15) is 4.98 Å². The highest BCUT2D eigenvalue weighted by molar-refractivity contribution is 5.79. The molecule has 3 rings (SSSR count). The fourth-order valence-corrected chi connectivity index (χ4v) is 3.36. The minimum Gasteiger partial charge on any atom is -0.384 e. The van der Waals surface area contributed by atoms with Gasteiger partial charge in [0.05, 0.1) is 13.2 Å². The number of aromatic nitrogens is 2. The first-order valence-corrected chi connectivity index (χ1v) is 8.65. The van der Waals surface area contributed by atoms with Gasteiger partial charge in [0.25, 0.3) is 5.92 Å². The topological polar surface area (TPSA) is 68.5 Å². The van der Waals surface area contributed by atoms with Crippen molar-refractivity contribution in [1.29, 1.82) is 0 Å². The van der Waals surface area contributed by atoms with Crippen LogP contribution in [0.15, 0.2) is 16.2 Å². The summed E-state index contributed by atoms with van der Waals surface area (Å²) in [6.45, 7) is -0.184. The molecule has 6 nitrogen and oxygen atoms in total. The standard InChI is InChI=1S/C17H23F2N3O3/c1-24-8-7-14-20-16(25-21-14)13-10-17(18,19)11-22(13)15(23)9-12-5-3-2-4-6-12/h5,13H,2-4,6-11H2,1H3/t13-/m0/s1. The van der Waals surface area contributed by atoms with Crippen LogP contribution >= 0.6 is 0 Å². The maximum atomic E-state index is 14.0. The summed E-state index contributed by atoms with van der Waals surface area (Å²) in [5.74, 6) is -2.77. The highest BCUT2D eigenvalue weighted by Crippen LogP contribution is 2.41. The minimum absolute atomic E-state index is 0.0780. The molecule has 0 aromatic carbocycles. The number of methoxy groups -OCH3 is 1. The number of hydrogen-bond donors (Lipinski definition) is 0. The Morgan fingerprint density at radius 1 is 1.48 bits per heavy atom. The summed E-state index contributed by atoms with van der Waals surface area (Å²) in [4.78, 5) is 18.0. The number of alkyl halides is 2. The molecule has 1 amide bonds. The van der Waals surface area contributed by atoms with Gasteiger partial charge in [-0.1, -0.05) is 16.8 Å². The molecule has 2 heterocycles. The number of nitrogens with zero attached hydrogens (tertiary/aromatic N) is 3. The molecule has 1 aliphatic carbocycles. The van der Waals surface area contributed by atoms with Gasteiger partial charge in [-0.3, -0.25) is 4.79 Å². The van der Waals surface area contributed by atoms with Crippen molar-refractivity contribution in [3.05, 3.63) is 23.4 Å². The third-order valence-electron chi connectivity index (χ3n) is 4.65. The number of allylic oxidation sites excluding steroid dienone is 1. The lowest BCUT2D eigenvalue weighted by Gasteiger charge is -2.22. The van der Waals surface area contributed by atoms with E-state index in [4.69, 9.17) is 9.26 Å². The van der Waals surface area contributed by atoms with E-state index in [1.165, 1.54) is 4.90 Å². The van der Waals surface area contributed by atoms with E-state index in [-0.39, 0.29) is 18.2 Å². The van der Waals surface area contributed by atoms with E-state index in [1.807, 2.05) is 0 Å². The lowest BCUT2D eigenvalue weighted by Crippen LogP contribution is -2.33. The molecule has 25 heavy (non-hydrogen) atoms. The van der Waals surface area contributed by atoms with E-state index in [9.17, 15) is 13.6 Å². The van der Waals surface area contributed by atoms with Crippen LogP contribution in [-0.4, -0.2) is 47.1 Å². The number of carbonyl (C=O) groups excluding carboxylic acids is 1. The van der Waals surface area contributed by atoms with E-state index >= 15 is 0 Å². The van der Waals surface area contributed by atoms with E-state index < -0.39 is 24.9 Å². The van der Waals surface area contributed by atoms with Crippen molar-refractivity contribution in [3.63, 3.8) is 0 Å². The first-order valence-electron chi connectivity index (χ1n) is 8.65. The van der Waals surface area contributed by atoms with Crippen LogP contribution in [0.1, 0.15) is 56.3 Å². The second-order valence-electron chi connectivity index (χ2n) is 6.67. The number of rotatable bonds is 6. The molecule has 1 fully saturated rings. The molecule has 1 saturated heterocycles. The molecule has 0 radical (unpaired) electrons. The second-order valence-corrected chi connectivity index (χ2v) is 6.67. The third-order valence-corrected chi connectivity index (χ3v) is 4.65. The first kappa shape index (κ1) is 18.0. The molecule has 1 aromatic rings. The van der Waals surface area contributed by atoms with Crippen molar-refractivity contribution in [1.82, 2.24) is 15.0 Å². The zero-order valence-corrected chi connectivity index (χ0v) is 14.3. The fourth-order valence-electron chi connectivity index (χ4n) is 3.36. The Kier molecular flexibility index (Phi) is 5.46. The fraction of sp³-hybridized carbons (Fsp3) is 0.706. The number of carbonyl (C=O) groups is 1. The van der Waals surface area contributed by atoms with Crippen LogP contribution in [0.4, 0.5) is 8.78 Å². The summed E-state index contributed by atoms with van der Waals surface area (Å²) in [7, 11) is 1.55. The van der Waals surface area contributed by atoms with E-state index in [0.29, 0.717) is 18.9 Å². The highest BCUT2D eigenvalue weighted by atomic mass is 19.3. The number of hydrogen-bond acceptors (Lipinski definition) is 5. The molecule has 2 aliphatic rings. The van der Waals surface area contributed by atoms with Crippen molar-refractivity contribution in [2.75, 3.05) is 20.3 Å². The van der Waals surface area contributed by atoms with E-state index in [2.05, 4.69) is 16.2 Å². The largest absolute Gasteiger partial charge is 0.384 e. The number of ether oxygens (including phenoxy) is 1. The maximum absolute atomic E-state index is 14.0. The molecular formula is C17H23F2N3O3. The zero-order valence-electron chi connectivity index (χ0n) is 14.3. The number of halogens is 2. The van der Waals surface area contributed by atoms with Gasteiger partial charge in [0.1, 0.15) is 6.04 Å². The van der Waals surface area contributed by atoms with Crippen LogP contribution in [0.3, 0.4) is 0 Å². The Bertz CT molecular complexity index is 645. The number of amides is 1. The summed E-state index contributed by atoms with van der Waals surface area (Å²) < 4.78 is 38.0. The Morgan fingerprint density at radius 3 is 3.04 bits per heavy atom. The van der Waals surface area contributed by atoms with Crippen molar-refractivity contribution < 1.29 is 22.8 Å². The SMILES string of the molecule is COCCc1noc([C@@H]2CC(F)(F)CN2C(=O)CC2=CCCCC2)n1. The Balaban J connectivity index is 1.72. The molecule has 1 atom stereocenters. The van der Waals surface area contributed by atoms with Crippen molar-refractivity contribution in [3.8, 4) is 0 Å². The third kappa shape index (κ3) is 4.42. The van der Waals surface area contributed by atoms with Gasteiger partial charge in [0, 0.05) is 26.4 Å². The van der Waals surface area contributed by atoms with Gasteiger partial charge >= 0.3 is 0 Å². The van der Waals surface area contributed by atoms with Crippen LogP contribution in [-0.2, 0) is 16.0 Å². The lowest BCUT2D eigenvalue weighted by molar-refractivity contribution is -0.133. The lowest BCUT2D eigenvalue weighted by atomic mass is 9.97. The van der Waals surface area contributed by atoms with Crippen molar-refractivity contribution >= 4 is 5.91 Å². The van der Waals surface area contributed by atoms with Gasteiger partial charge in [-0.25, -0.2) is 8.78 Å². The van der Waals surface area contributed by atoms with E-state index in [1.54, 1.807) is 7.11 Å². The van der Waals surface area contributed by atoms with Gasteiger partial charge in [0.2, 0.25) is 11.8 Å². The molecule has 0 unspecified atom stereocenters. The first-order chi connectivity index (χ1) is 12.0. The highest BCUT2D eigenvalue weighted by Gasteiger charge is 2.49. The van der Waals surface area contributed by atoms with E-state index in [0.717, 1.165) is 31.3 Å². The van der Waals surface area contributed by atoms with Gasteiger partial charge in [-0.05, 0) is 25.7 Å². The van der Waals surface area contributed by atoms with Gasteiger partial charge in [-0.15, -0.1) is 0 Å². The zero-order chi connectivity index (χ0) is 17.9. The normalized spacial score (nSPS) is 22.9. The summed E-state index contributed by atoms with van der Waals surface area (Å²) in [5, 5.41) is 3.80. The molecular weight excluding hydrogens is 332 g/mol. The maximum Gasteiger partial charge on any atom is 0.267 e. The monoisotopic (exact) mass is 355 g/mol. The smallest absolute Gasteiger partial charge is 0.267 e. The molecule has 138 valence electrons. The molecule has 0 N–H and O–H groups in total. The van der Waals surface area contributed by atoms with Crippen molar-refractivity contribution in [2.24, 2.45) is 0 Å². The molecule has 0 saturated carbocycles. The summed E-state index contributed by atoms with van der Waals surface area (Å²) in [5.41, 5.74) is 1.04. The summed E-state index contributed by atoms with van der Waals surface area (Å²) >= 11 is 0. The average molecular weight is 355 g/mol. The molecule has 0 bridgehead atoms. The summed E-state index contributed by atoms with van der Waals surface area (Å²) in [6.07, 6.45) is 6.18. The van der Waals surface area contributed by atoms with Crippen LogP contribution in [0, 0.1) is 0 Å². The Hall–Kier alpha value is -1.83. The van der Waals surface area contributed by atoms with Gasteiger partial charge in [0.15, 0.2) is 5.82 Å². The predicted octanol–water partition coefficient (Wildman–Crippen LogP) is 3.06. The Labute approximate surface area is 145 Å². The van der Waals surface area contributed by atoms with Crippen LogP contribution in [0.25, 0.3) is 0 Å². The minimum atomic E-state index is -2.94.